The normalized spacial score (nSPS) is 11.1. The van der Waals surface area contributed by atoms with Gasteiger partial charge < -0.3 is 4.40 Å². The first-order valence-corrected chi connectivity index (χ1v) is 9.98. The smallest absolute Gasteiger partial charge is 0.195 e. The van der Waals surface area contributed by atoms with Gasteiger partial charge in [-0.2, -0.15) is 0 Å². The molecule has 0 aliphatic carbocycles. The largest absolute Gasteiger partial charge is 0.303 e. The van der Waals surface area contributed by atoms with Crippen LogP contribution in [0, 0.1) is 0 Å². The van der Waals surface area contributed by atoms with Gasteiger partial charge in [0, 0.05) is 23.2 Å². The average Bonchev–Trinajstić information content (AvgIpc) is 3.38. The van der Waals surface area contributed by atoms with E-state index in [0.29, 0.717) is 0 Å². The first-order valence-electron chi connectivity index (χ1n) is 9.00. The highest BCUT2D eigenvalue weighted by Gasteiger charge is 2.16. The molecule has 136 valence electrons. The van der Waals surface area contributed by atoms with Crippen molar-refractivity contribution in [3.63, 3.8) is 0 Å². The van der Waals surface area contributed by atoms with E-state index in [9.17, 15) is 0 Å². The predicted octanol–water partition coefficient (Wildman–Crippen LogP) is 4.87. The lowest BCUT2D eigenvalue weighted by atomic mass is 10.1. The molecule has 3 heterocycles. The van der Waals surface area contributed by atoms with E-state index in [1.807, 2.05) is 59.2 Å². The van der Waals surface area contributed by atoms with Gasteiger partial charge in [-0.25, -0.2) is 4.98 Å². The summed E-state index contributed by atoms with van der Waals surface area (Å²) < 4.78 is 4.16. The molecule has 0 saturated carbocycles. The zero-order valence-corrected chi connectivity index (χ0v) is 15.8. The molecule has 3 aromatic heterocycles. The van der Waals surface area contributed by atoms with E-state index in [0.717, 1.165) is 39.2 Å². The fourth-order valence-electron chi connectivity index (χ4n) is 3.23. The number of para-hydroxylation sites is 1. The van der Waals surface area contributed by atoms with Crippen LogP contribution in [-0.2, 0) is 5.75 Å². The quantitative estimate of drug-likeness (QED) is 0.406. The van der Waals surface area contributed by atoms with Crippen molar-refractivity contribution >= 4 is 17.4 Å². The Balaban J connectivity index is 1.52. The van der Waals surface area contributed by atoms with Gasteiger partial charge in [0.1, 0.15) is 12.0 Å². The molecular formula is C22H17N5S. The summed E-state index contributed by atoms with van der Waals surface area (Å²) in [6, 6.07) is 26.5. The maximum absolute atomic E-state index is 4.87. The number of thioether (sulfide) groups is 1. The predicted molar refractivity (Wildman–Crippen MR) is 112 cm³/mol. The Kier molecular flexibility index (Phi) is 4.39. The minimum atomic E-state index is 0.737. The number of hydrogen-bond donors (Lipinski definition) is 0. The van der Waals surface area contributed by atoms with E-state index in [2.05, 4.69) is 45.1 Å². The molecule has 2 aromatic carbocycles. The Hall–Kier alpha value is -3.38. The summed E-state index contributed by atoms with van der Waals surface area (Å²) in [5.41, 5.74) is 5.27. The molecule has 5 aromatic rings. The summed E-state index contributed by atoms with van der Waals surface area (Å²) >= 11 is 1.66. The zero-order chi connectivity index (χ0) is 18.8. The fourth-order valence-corrected chi connectivity index (χ4v) is 4.17. The first kappa shape index (κ1) is 16.8. The number of pyridine rings is 1. The number of aromatic nitrogens is 5. The lowest BCUT2D eigenvalue weighted by molar-refractivity contribution is 0.882. The number of fused-ring (bicyclic) bond motifs is 1. The molecule has 5 nitrogen and oxygen atoms in total. The van der Waals surface area contributed by atoms with Crippen LogP contribution in [0.25, 0.3) is 22.6 Å². The molecule has 5 rings (SSSR count). The van der Waals surface area contributed by atoms with E-state index in [1.165, 1.54) is 0 Å². The third-order valence-corrected chi connectivity index (χ3v) is 5.52. The van der Waals surface area contributed by atoms with Crippen molar-refractivity contribution in [3.05, 3.63) is 97.1 Å². The number of benzene rings is 2. The molecule has 0 atom stereocenters. The van der Waals surface area contributed by atoms with Crippen LogP contribution in [0.4, 0.5) is 0 Å². The van der Waals surface area contributed by atoms with E-state index < -0.39 is 0 Å². The van der Waals surface area contributed by atoms with Gasteiger partial charge in [-0.15, -0.1) is 10.2 Å². The highest BCUT2D eigenvalue weighted by atomic mass is 32.2. The van der Waals surface area contributed by atoms with Gasteiger partial charge in [0.25, 0.3) is 0 Å². The number of imidazole rings is 1. The number of hydrogen-bond acceptors (Lipinski definition) is 4. The summed E-state index contributed by atoms with van der Waals surface area (Å²) in [5.74, 6) is 0.737. The van der Waals surface area contributed by atoms with Crippen molar-refractivity contribution in [2.24, 2.45) is 0 Å². The van der Waals surface area contributed by atoms with Gasteiger partial charge in [0.2, 0.25) is 0 Å². The van der Waals surface area contributed by atoms with E-state index >= 15 is 0 Å². The molecule has 0 radical (unpaired) electrons. The molecule has 0 fully saturated rings. The second kappa shape index (κ2) is 7.32. The van der Waals surface area contributed by atoms with Crippen LogP contribution < -0.4 is 0 Å². The van der Waals surface area contributed by atoms with Crippen molar-refractivity contribution in [2.75, 3.05) is 0 Å². The minimum Gasteiger partial charge on any atom is -0.303 e. The minimum absolute atomic E-state index is 0.737. The van der Waals surface area contributed by atoms with Crippen LogP contribution in [0.15, 0.2) is 96.5 Å². The SMILES string of the molecule is c1ccc(-c2nc3ccccn3c2CSc2nncn2-c2ccccc2)cc1. The second-order valence-corrected chi connectivity index (χ2v) is 7.25. The zero-order valence-electron chi connectivity index (χ0n) is 15.0. The van der Waals surface area contributed by atoms with Crippen molar-refractivity contribution in [1.29, 1.82) is 0 Å². The van der Waals surface area contributed by atoms with Crippen molar-refractivity contribution < 1.29 is 0 Å². The maximum atomic E-state index is 4.87. The highest BCUT2D eigenvalue weighted by Crippen LogP contribution is 2.30. The van der Waals surface area contributed by atoms with Crippen LogP contribution in [-0.4, -0.2) is 24.1 Å². The van der Waals surface area contributed by atoms with Gasteiger partial charge in [-0.3, -0.25) is 4.57 Å². The lowest BCUT2D eigenvalue weighted by Gasteiger charge is -2.07. The van der Waals surface area contributed by atoms with Gasteiger partial charge in [-0.1, -0.05) is 66.4 Å². The molecular weight excluding hydrogens is 366 g/mol. The summed E-state index contributed by atoms with van der Waals surface area (Å²) in [5, 5.41) is 9.29. The standard InChI is InChI=1S/C22H17N5S/c1-3-9-17(10-4-1)21-19(26-14-8-7-13-20(26)24-21)15-28-22-25-23-16-27(22)18-11-5-2-6-12-18/h1-14,16H,15H2. The molecule has 6 heteroatoms. The van der Waals surface area contributed by atoms with E-state index in [1.54, 1.807) is 18.1 Å². The van der Waals surface area contributed by atoms with Crippen molar-refractivity contribution in [1.82, 2.24) is 24.1 Å². The molecule has 0 bridgehead atoms. The summed E-state index contributed by atoms with van der Waals surface area (Å²) in [6.07, 6.45) is 3.82. The van der Waals surface area contributed by atoms with Crippen LogP contribution in [0.1, 0.15) is 5.69 Å². The Labute approximate surface area is 166 Å². The molecule has 0 N–H and O–H groups in total. The number of nitrogens with zero attached hydrogens (tertiary/aromatic N) is 5. The third-order valence-electron chi connectivity index (χ3n) is 4.56. The highest BCUT2D eigenvalue weighted by molar-refractivity contribution is 7.98. The second-order valence-electron chi connectivity index (χ2n) is 6.31. The van der Waals surface area contributed by atoms with E-state index in [-0.39, 0.29) is 0 Å². The van der Waals surface area contributed by atoms with Crippen LogP contribution >= 0.6 is 11.8 Å². The van der Waals surface area contributed by atoms with Crippen LogP contribution in [0.5, 0.6) is 0 Å². The van der Waals surface area contributed by atoms with Gasteiger partial charge in [0.15, 0.2) is 5.16 Å². The lowest BCUT2D eigenvalue weighted by Crippen LogP contribution is -1.97. The average molecular weight is 383 g/mol. The summed E-state index contributed by atoms with van der Waals surface area (Å²) in [6.45, 7) is 0. The molecule has 0 unspecified atom stereocenters. The van der Waals surface area contributed by atoms with Crippen molar-refractivity contribution in [2.45, 2.75) is 10.9 Å². The first-order chi connectivity index (χ1) is 13.9. The summed E-state index contributed by atoms with van der Waals surface area (Å²) in [7, 11) is 0. The van der Waals surface area contributed by atoms with Crippen molar-refractivity contribution in [3.8, 4) is 16.9 Å². The molecule has 0 spiro atoms. The molecule has 28 heavy (non-hydrogen) atoms. The number of rotatable bonds is 5. The van der Waals surface area contributed by atoms with Gasteiger partial charge in [-0.05, 0) is 24.3 Å². The monoisotopic (exact) mass is 383 g/mol. The molecule has 0 saturated heterocycles. The van der Waals surface area contributed by atoms with Crippen LogP contribution in [0.3, 0.4) is 0 Å². The van der Waals surface area contributed by atoms with Gasteiger partial charge in [0.05, 0.1) is 11.4 Å². The Morgan fingerprint density at radius 3 is 2.39 bits per heavy atom. The Bertz CT molecular complexity index is 1210. The van der Waals surface area contributed by atoms with Gasteiger partial charge >= 0.3 is 0 Å². The Morgan fingerprint density at radius 1 is 0.821 bits per heavy atom. The summed E-state index contributed by atoms with van der Waals surface area (Å²) in [4.78, 5) is 4.87. The Morgan fingerprint density at radius 2 is 1.57 bits per heavy atom. The topological polar surface area (TPSA) is 48.0 Å². The molecule has 0 aliphatic rings. The fraction of sp³-hybridized carbons (Fsp3) is 0.0455. The molecule has 0 amide bonds. The maximum Gasteiger partial charge on any atom is 0.195 e. The molecule has 0 aliphatic heterocycles. The third kappa shape index (κ3) is 3.08. The van der Waals surface area contributed by atoms with E-state index in [4.69, 9.17) is 4.98 Å². The van der Waals surface area contributed by atoms with Crippen LogP contribution in [0.2, 0.25) is 0 Å².